The minimum absolute atomic E-state index is 0.301. The lowest BCUT2D eigenvalue weighted by molar-refractivity contribution is 0.122. The first kappa shape index (κ1) is 10.9. The highest BCUT2D eigenvalue weighted by molar-refractivity contribution is 5.32. The molecular formula is C11H16O3. The van der Waals surface area contributed by atoms with Crippen molar-refractivity contribution in [1.82, 2.24) is 0 Å². The lowest BCUT2D eigenvalue weighted by Gasteiger charge is -2.09. The highest BCUT2D eigenvalue weighted by atomic mass is 16.5. The molecule has 0 aromatic heterocycles. The van der Waals surface area contributed by atoms with Crippen LogP contribution in [0.15, 0.2) is 24.3 Å². The smallest absolute Gasteiger partial charge is 0.123 e. The number of hydrogen-bond acceptors (Lipinski definition) is 3. The van der Waals surface area contributed by atoms with Gasteiger partial charge in [-0.05, 0) is 26.0 Å². The zero-order valence-electron chi connectivity index (χ0n) is 8.56. The van der Waals surface area contributed by atoms with Gasteiger partial charge in [0.05, 0.1) is 12.7 Å². The summed E-state index contributed by atoms with van der Waals surface area (Å²) in [6.07, 6.45) is -0.453. The Kier molecular flexibility index (Phi) is 4.26. The molecular weight excluding hydrogens is 180 g/mol. The van der Waals surface area contributed by atoms with E-state index in [2.05, 4.69) is 0 Å². The average molecular weight is 196 g/mol. The molecule has 1 rings (SSSR count). The van der Waals surface area contributed by atoms with Crippen LogP contribution in [0.4, 0.5) is 0 Å². The normalized spacial score (nSPS) is 12.2. The molecule has 0 bridgehead atoms. The average Bonchev–Trinajstić information content (AvgIpc) is 2.16. The zero-order valence-corrected chi connectivity index (χ0v) is 8.56. The summed E-state index contributed by atoms with van der Waals surface area (Å²) in [6, 6.07) is 7.39. The Morgan fingerprint density at radius 3 is 2.50 bits per heavy atom. The Labute approximate surface area is 84.3 Å². The fourth-order valence-corrected chi connectivity index (χ4v) is 1.04. The molecule has 14 heavy (non-hydrogen) atoms. The van der Waals surface area contributed by atoms with E-state index in [0.717, 1.165) is 11.5 Å². The van der Waals surface area contributed by atoms with E-state index in [-0.39, 0.29) is 0 Å². The first-order valence-electron chi connectivity index (χ1n) is 4.76. The van der Waals surface area contributed by atoms with Gasteiger partial charge in [-0.2, -0.15) is 0 Å². The molecule has 0 fully saturated rings. The summed E-state index contributed by atoms with van der Waals surface area (Å²) >= 11 is 0. The van der Waals surface area contributed by atoms with Crippen molar-refractivity contribution in [3.05, 3.63) is 24.3 Å². The molecule has 0 amide bonds. The first-order valence-corrected chi connectivity index (χ1v) is 4.76. The van der Waals surface area contributed by atoms with E-state index in [1.165, 1.54) is 0 Å². The van der Waals surface area contributed by atoms with Crippen LogP contribution in [0.5, 0.6) is 11.5 Å². The van der Waals surface area contributed by atoms with Gasteiger partial charge in [-0.15, -0.1) is 0 Å². The molecule has 1 N–H and O–H groups in total. The maximum atomic E-state index is 9.03. The van der Waals surface area contributed by atoms with Gasteiger partial charge < -0.3 is 14.6 Å². The van der Waals surface area contributed by atoms with E-state index >= 15 is 0 Å². The van der Waals surface area contributed by atoms with E-state index in [0.29, 0.717) is 13.2 Å². The Balaban J connectivity index is 2.54. The standard InChI is InChI=1S/C11H16O3/c1-3-13-10-5-4-6-11(7-10)14-8-9(2)12/h4-7,9,12H,3,8H2,1-2H3/t9-/m0/s1. The molecule has 3 heteroatoms. The highest BCUT2D eigenvalue weighted by Gasteiger charge is 1.99. The van der Waals surface area contributed by atoms with Crippen LogP contribution >= 0.6 is 0 Å². The van der Waals surface area contributed by atoms with Gasteiger partial charge in [-0.25, -0.2) is 0 Å². The van der Waals surface area contributed by atoms with E-state index < -0.39 is 6.10 Å². The summed E-state index contributed by atoms with van der Waals surface area (Å²) in [6.45, 7) is 4.56. The second kappa shape index (κ2) is 5.50. The van der Waals surface area contributed by atoms with E-state index in [1.54, 1.807) is 6.92 Å². The van der Waals surface area contributed by atoms with Gasteiger partial charge in [0.15, 0.2) is 0 Å². The number of aliphatic hydroxyl groups excluding tert-OH is 1. The zero-order chi connectivity index (χ0) is 10.4. The minimum Gasteiger partial charge on any atom is -0.494 e. The quantitative estimate of drug-likeness (QED) is 0.781. The molecule has 1 aromatic carbocycles. The Morgan fingerprint density at radius 1 is 1.29 bits per heavy atom. The van der Waals surface area contributed by atoms with Crippen LogP contribution in [0.25, 0.3) is 0 Å². The van der Waals surface area contributed by atoms with Gasteiger partial charge >= 0.3 is 0 Å². The molecule has 0 spiro atoms. The van der Waals surface area contributed by atoms with Crippen molar-refractivity contribution in [2.75, 3.05) is 13.2 Å². The van der Waals surface area contributed by atoms with Crippen molar-refractivity contribution in [3.8, 4) is 11.5 Å². The highest BCUT2D eigenvalue weighted by Crippen LogP contribution is 2.19. The molecule has 0 unspecified atom stereocenters. The number of aliphatic hydroxyl groups is 1. The fourth-order valence-electron chi connectivity index (χ4n) is 1.04. The third-order valence-corrected chi connectivity index (χ3v) is 1.61. The summed E-state index contributed by atoms with van der Waals surface area (Å²) in [4.78, 5) is 0. The van der Waals surface area contributed by atoms with Gasteiger partial charge in [0.25, 0.3) is 0 Å². The third-order valence-electron chi connectivity index (χ3n) is 1.61. The van der Waals surface area contributed by atoms with Gasteiger partial charge in [0.2, 0.25) is 0 Å². The topological polar surface area (TPSA) is 38.7 Å². The SMILES string of the molecule is CCOc1cccc(OC[C@H](C)O)c1. The maximum Gasteiger partial charge on any atom is 0.123 e. The van der Waals surface area contributed by atoms with E-state index in [9.17, 15) is 0 Å². The number of rotatable bonds is 5. The molecule has 1 aromatic rings. The Hall–Kier alpha value is -1.22. The molecule has 0 saturated carbocycles. The number of hydrogen-bond donors (Lipinski definition) is 1. The van der Waals surface area contributed by atoms with Crippen molar-refractivity contribution < 1.29 is 14.6 Å². The molecule has 0 aliphatic carbocycles. The van der Waals surface area contributed by atoms with Crippen LogP contribution < -0.4 is 9.47 Å². The molecule has 1 atom stereocenters. The van der Waals surface area contributed by atoms with Crippen LogP contribution in [0.1, 0.15) is 13.8 Å². The number of ether oxygens (including phenoxy) is 2. The van der Waals surface area contributed by atoms with Crippen LogP contribution in [0, 0.1) is 0 Å². The molecule has 0 saturated heterocycles. The monoisotopic (exact) mass is 196 g/mol. The summed E-state index contributed by atoms with van der Waals surface area (Å²) in [5.74, 6) is 1.51. The molecule has 0 heterocycles. The van der Waals surface area contributed by atoms with Gasteiger partial charge in [-0.1, -0.05) is 6.07 Å². The predicted octanol–water partition coefficient (Wildman–Crippen LogP) is 1.84. The summed E-state index contributed by atoms with van der Waals surface area (Å²) < 4.78 is 10.6. The largest absolute Gasteiger partial charge is 0.494 e. The van der Waals surface area contributed by atoms with E-state index in [4.69, 9.17) is 14.6 Å². The summed E-state index contributed by atoms with van der Waals surface area (Å²) in [7, 11) is 0. The predicted molar refractivity (Wildman–Crippen MR) is 54.8 cm³/mol. The molecule has 0 radical (unpaired) electrons. The van der Waals surface area contributed by atoms with Crippen LogP contribution in [0.2, 0.25) is 0 Å². The maximum absolute atomic E-state index is 9.03. The second-order valence-corrected chi connectivity index (χ2v) is 3.07. The van der Waals surface area contributed by atoms with Gasteiger partial charge in [0.1, 0.15) is 18.1 Å². The van der Waals surface area contributed by atoms with Crippen LogP contribution in [-0.4, -0.2) is 24.4 Å². The van der Waals surface area contributed by atoms with Gasteiger partial charge in [0, 0.05) is 6.07 Å². The van der Waals surface area contributed by atoms with Crippen molar-refractivity contribution in [2.24, 2.45) is 0 Å². The molecule has 3 nitrogen and oxygen atoms in total. The second-order valence-electron chi connectivity index (χ2n) is 3.07. The Bertz CT molecular complexity index is 271. The lowest BCUT2D eigenvalue weighted by Crippen LogP contribution is -2.12. The molecule has 78 valence electrons. The van der Waals surface area contributed by atoms with Crippen LogP contribution in [-0.2, 0) is 0 Å². The number of benzene rings is 1. The molecule has 0 aliphatic rings. The third kappa shape index (κ3) is 3.66. The Morgan fingerprint density at radius 2 is 1.93 bits per heavy atom. The fraction of sp³-hybridized carbons (Fsp3) is 0.455. The van der Waals surface area contributed by atoms with Crippen molar-refractivity contribution in [3.63, 3.8) is 0 Å². The minimum atomic E-state index is -0.453. The van der Waals surface area contributed by atoms with Crippen LogP contribution in [0.3, 0.4) is 0 Å². The lowest BCUT2D eigenvalue weighted by atomic mass is 10.3. The van der Waals surface area contributed by atoms with Crippen molar-refractivity contribution >= 4 is 0 Å². The first-order chi connectivity index (χ1) is 6.72. The van der Waals surface area contributed by atoms with Crippen molar-refractivity contribution in [1.29, 1.82) is 0 Å². The van der Waals surface area contributed by atoms with Crippen molar-refractivity contribution in [2.45, 2.75) is 20.0 Å². The summed E-state index contributed by atoms with van der Waals surface area (Å²) in [5, 5.41) is 9.03. The van der Waals surface area contributed by atoms with E-state index in [1.807, 2.05) is 31.2 Å². The van der Waals surface area contributed by atoms with Gasteiger partial charge in [-0.3, -0.25) is 0 Å². The molecule has 0 aliphatic heterocycles. The summed E-state index contributed by atoms with van der Waals surface area (Å²) in [5.41, 5.74) is 0.